The minimum Gasteiger partial charge on any atom is -0.477 e. The van der Waals surface area contributed by atoms with E-state index in [2.05, 4.69) is 21.2 Å². The molecule has 2 atom stereocenters. The van der Waals surface area contributed by atoms with Crippen LogP contribution in [0.1, 0.15) is 10.4 Å². The summed E-state index contributed by atoms with van der Waals surface area (Å²) in [6.07, 6.45) is 0. The third-order valence-electron chi connectivity index (χ3n) is 3.45. The van der Waals surface area contributed by atoms with Crippen LogP contribution in [0.15, 0.2) is 40.5 Å². The van der Waals surface area contributed by atoms with E-state index in [-0.39, 0.29) is 17.0 Å². The van der Waals surface area contributed by atoms with Crippen molar-refractivity contribution in [2.75, 3.05) is 5.75 Å². The van der Waals surface area contributed by atoms with Crippen LogP contribution in [0, 0.1) is 0 Å². The minimum absolute atomic E-state index is 0.0426. The number of thioether (sulfide) groups is 1. The Bertz CT molecular complexity index is 691. The average molecular weight is 383 g/mol. The van der Waals surface area contributed by atoms with Gasteiger partial charge >= 0.3 is 5.97 Å². The van der Waals surface area contributed by atoms with Gasteiger partial charge in [-0.3, -0.25) is 14.5 Å². The molecule has 2 heterocycles. The third kappa shape index (κ3) is 2.42. The fourth-order valence-corrected chi connectivity index (χ4v) is 4.34. The zero-order valence-electron chi connectivity index (χ0n) is 11.2. The van der Waals surface area contributed by atoms with Crippen LogP contribution in [0.4, 0.5) is 0 Å². The van der Waals surface area contributed by atoms with E-state index in [1.54, 1.807) is 30.3 Å². The summed E-state index contributed by atoms with van der Waals surface area (Å²) in [5.74, 6) is -1.45. The summed E-state index contributed by atoms with van der Waals surface area (Å²) in [5, 5.41) is 11.5. The summed E-state index contributed by atoms with van der Waals surface area (Å²) in [7, 11) is 0. The van der Waals surface area contributed by atoms with Gasteiger partial charge in [-0.1, -0.05) is 34.1 Å². The molecule has 2 aliphatic rings. The van der Waals surface area contributed by atoms with Crippen LogP contribution < -0.4 is 5.32 Å². The minimum atomic E-state index is -1.15. The lowest BCUT2D eigenvalue weighted by atomic mass is 10.0. The highest BCUT2D eigenvalue weighted by atomic mass is 79.9. The second kappa shape index (κ2) is 5.77. The van der Waals surface area contributed by atoms with Gasteiger partial charge in [0.25, 0.3) is 11.8 Å². The smallest absolute Gasteiger partial charge is 0.353 e. The number of aliphatic carboxylic acids is 1. The highest BCUT2D eigenvalue weighted by Crippen LogP contribution is 2.41. The van der Waals surface area contributed by atoms with Crippen LogP contribution in [0.3, 0.4) is 0 Å². The second-order valence-electron chi connectivity index (χ2n) is 4.79. The zero-order chi connectivity index (χ0) is 15.9. The van der Waals surface area contributed by atoms with Crippen LogP contribution in [0.25, 0.3) is 0 Å². The lowest BCUT2D eigenvalue weighted by Gasteiger charge is -2.48. The molecule has 6 nitrogen and oxygen atoms in total. The fraction of sp³-hybridized carbons (Fsp3) is 0.214. The van der Waals surface area contributed by atoms with Gasteiger partial charge in [-0.05, 0) is 12.1 Å². The van der Waals surface area contributed by atoms with Crippen molar-refractivity contribution in [1.82, 2.24) is 10.2 Å². The molecule has 0 spiro atoms. The normalized spacial score (nSPS) is 23.7. The Morgan fingerprint density at radius 3 is 2.64 bits per heavy atom. The number of fused-ring (bicyclic) bond motifs is 1. The molecule has 0 radical (unpaired) electrons. The molecule has 8 heteroatoms. The maximum absolute atomic E-state index is 12.2. The maximum atomic E-state index is 12.2. The van der Waals surface area contributed by atoms with Crippen molar-refractivity contribution in [3.05, 3.63) is 46.1 Å². The van der Waals surface area contributed by atoms with Crippen molar-refractivity contribution < 1.29 is 19.5 Å². The molecule has 1 fully saturated rings. The van der Waals surface area contributed by atoms with Crippen molar-refractivity contribution in [3.63, 3.8) is 0 Å². The van der Waals surface area contributed by atoms with Gasteiger partial charge in [0.15, 0.2) is 0 Å². The van der Waals surface area contributed by atoms with Gasteiger partial charge in [-0.15, -0.1) is 11.8 Å². The van der Waals surface area contributed by atoms with E-state index in [1.165, 1.54) is 16.7 Å². The number of carbonyl (C=O) groups excluding carboxylic acids is 2. The zero-order valence-corrected chi connectivity index (χ0v) is 13.6. The third-order valence-corrected chi connectivity index (χ3v) is 5.75. The average Bonchev–Trinajstić information content (AvgIpc) is 2.52. The van der Waals surface area contributed by atoms with Gasteiger partial charge in [0, 0.05) is 15.8 Å². The number of hydrogen-bond acceptors (Lipinski definition) is 4. The Morgan fingerprint density at radius 1 is 1.32 bits per heavy atom. The molecular formula is C14H11BrN2O4S. The van der Waals surface area contributed by atoms with Gasteiger partial charge < -0.3 is 10.4 Å². The number of halogens is 1. The van der Waals surface area contributed by atoms with Crippen LogP contribution in [0.5, 0.6) is 0 Å². The number of carboxylic acids is 1. The SMILES string of the molecule is O=C(O)C1=C(Br)CS[C@H]2C(NC(=O)c3ccccc3)C(=O)N12. The molecule has 1 saturated heterocycles. The van der Waals surface area contributed by atoms with Crippen molar-refractivity contribution in [3.8, 4) is 0 Å². The topological polar surface area (TPSA) is 86.7 Å². The molecule has 0 saturated carbocycles. The highest BCUT2D eigenvalue weighted by molar-refractivity contribution is 9.11. The monoisotopic (exact) mass is 382 g/mol. The Kier molecular flexibility index (Phi) is 3.96. The molecule has 0 aromatic heterocycles. The Morgan fingerprint density at radius 2 is 2.00 bits per heavy atom. The van der Waals surface area contributed by atoms with Gasteiger partial charge in [-0.25, -0.2) is 4.79 Å². The number of benzene rings is 1. The quantitative estimate of drug-likeness (QED) is 0.771. The van der Waals surface area contributed by atoms with Gasteiger partial charge in [0.05, 0.1) is 0 Å². The highest BCUT2D eigenvalue weighted by Gasteiger charge is 2.54. The summed E-state index contributed by atoms with van der Waals surface area (Å²) < 4.78 is 0.474. The molecule has 0 bridgehead atoms. The molecule has 3 rings (SSSR count). The second-order valence-corrected chi connectivity index (χ2v) is 6.85. The first-order chi connectivity index (χ1) is 10.5. The molecule has 2 aliphatic heterocycles. The van der Waals surface area contributed by atoms with E-state index in [4.69, 9.17) is 0 Å². The van der Waals surface area contributed by atoms with Crippen molar-refractivity contribution in [2.24, 2.45) is 0 Å². The number of amides is 2. The lowest BCUT2D eigenvalue weighted by molar-refractivity contribution is -0.148. The van der Waals surface area contributed by atoms with Crippen LogP contribution in [0.2, 0.25) is 0 Å². The lowest BCUT2D eigenvalue weighted by Crippen LogP contribution is -2.70. The molecular weight excluding hydrogens is 372 g/mol. The largest absolute Gasteiger partial charge is 0.477 e. The Hall–Kier alpha value is -1.80. The van der Waals surface area contributed by atoms with E-state index >= 15 is 0 Å². The number of carboxylic acid groups (broad SMARTS) is 1. The predicted molar refractivity (Wildman–Crippen MR) is 84.4 cm³/mol. The number of rotatable bonds is 3. The van der Waals surface area contributed by atoms with E-state index < -0.39 is 17.9 Å². The number of nitrogens with zero attached hydrogens (tertiary/aromatic N) is 1. The van der Waals surface area contributed by atoms with Crippen molar-refractivity contribution >= 4 is 45.5 Å². The van der Waals surface area contributed by atoms with Crippen molar-refractivity contribution in [1.29, 1.82) is 0 Å². The molecule has 1 aromatic carbocycles. The molecule has 22 heavy (non-hydrogen) atoms. The number of β-lactam (4-membered cyclic amide) rings is 1. The Balaban J connectivity index is 1.76. The fourth-order valence-electron chi connectivity index (χ4n) is 2.40. The summed E-state index contributed by atoms with van der Waals surface area (Å²) in [5.41, 5.74) is 0.420. The maximum Gasteiger partial charge on any atom is 0.353 e. The summed E-state index contributed by atoms with van der Waals surface area (Å²) in [6.45, 7) is 0. The summed E-state index contributed by atoms with van der Waals surface area (Å²) >= 11 is 4.60. The Labute approximate surface area is 138 Å². The molecule has 1 aromatic rings. The summed E-state index contributed by atoms with van der Waals surface area (Å²) in [6, 6.07) is 7.88. The molecule has 2 amide bonds. The van der Waals surface area contributed by atoms with Crippen LogP contribution in [-0.4, -0.2) is 45.0 Å². The first-order valence-electron chi connectivity index (χ1n) is 6.43. The van der Waals surface area contributed by atoms with Crippen molar-refractivity contribution in [2.45, 2.75) is 11.4 Å². The standard InChI is InChI=1S/C14H11BrN2O4S/c15-8-6-22-13-9(12(19)17(13)10(8)14(20)21)16-11(18)7-4-2-1-3-5-7/h1-5,9,13H,6H2,(H,16,18)(H,20,21)/t9?,13-/m0/s1. The van der Waals surface area contributed by atoms with E-state index in [0.29, 0.717) is 15.8 Å². The van der Waals surface area contributed by atoms with Gasteiger partial charge in [0.2, 0.25) is 0 Å². The number of hydrogen-bond donors (Lipinski definition) is 2. The van der Waals surface area contributed by atoms with Crippen LogP contribution >= 0.6 is 27.7 Å². The predicted octanol–water partition coefficient (Wildman–Crippen LogP) is 1.39. The van der Waals surface area contributed by atoms with E-state index in [9.17, 15) is 19.5 Å². The van der Waals surface area contributed by atoms with Crippen LogP contribution in [-0.2, 0) is 9.59 Å². The first kappa shape index (κ1) is 15.1. The molecule has 0 aliphatic carbocycles. The van der Waals surface area contributed by atoms with Gasteiger partial charge in [0.1, 0.15) is 17.1 Å². The summed E-state index contributed by atoms with van der Waals surface area (Å²) in [4.78, 5) is 36.8. The number of carbonyl (C=O) groups is 3. The molecule has 2 N–H and O–H groups in total. The number of nitrogens with one attached hydrogen (secondary N) is 1. The van der Waals surface area contributed by atoms with Gasteiger partial charge in [-0.2, -0.15) is 0 Å². The molecule has 1 unspecified atom stereocenters. The van der Waals surface area contributed by atoms with E-state index in [1.807, 2.05) is 0 Å². The first-order valence-corrected chi connectivity index (χ1v) is 8.27. The molecule has 114 valence electrons. The van der Waals surface area contributed by atoms with E-state index in [0.717, 1.165) is 0 Å².